The minimum atomic E-state index is -0.824. The average molecular weight is 245 g/mol. The lowest BCUT2D eigenvalue weighted by molar-refractivity contribution is -0.147. The summed E-state index contributed by atoms with van der Waals surface area (Å²) in [6.45, 7) is 3.49. The Hall–Kier alpha value is -0.650. The van der Waals surface area contributed by atoms with E-state index in [0.29, 0.717) is 19.1 Å². The lowest BCUT2D eigenvalue weighted by Crippen LogP contribution is -2.50. The molecular formula is C12H23NO4. The second-order valence-electron chi connectivity index (χ2n) is 4.62. The molecule has 1 aliphatic carbocycles. The molecule has 0 aromatic heterocycles. The van der Waals surface area contributed by atoms with Crippen LogP contribution in [0.1, 0.15) is 19.8 Å². The van der Waals surface area contributed by atoms with Crippen LogP contribution >= 0.6 is 0 Å². The van der Waals surface area contributed by atoms with Crippen molar-refractivity contribution in [3.8, 4) is 0 Å². The highest BCUT2D eigenvalue weighted by Gasteiger charge is 2.37. The molecule has 0 saturated heterocycles. The Morgan fingerprint density at radius 3 is 2.47 bits per heavy atom. The minimum absolute atomic E-state index is 0.218. The van der Waals surface area contributed by atoms with Crippen molar-refractivity contribution in [1.82, 2.24) is 4.90 Å². The van der Waals surface area contributed by atoms with Crippen molar-refractivity contribution < 1.29 is 19.4 Å². The Bertz CT molecular complexity index is 243. The molecule has 0 heterocycles. The van der Waals surface area contributed by atoms with Crippen molar-refractivity contribution in [3.05, 3.63) is 0 Å². The summed E-state index contributed by atoms with van der Waals surface area (Å²) in [6.07, 6.45) is 2.40. The van der Waals surface area contributed by atoms with Crippen molar-refractivity contribution >= 4 is 5.97 Å². The Morgan fingerprint density at radius 1 is 1.41 bits per heavy atom. The number of aliphatic carboxylic acids is 1. The van der Waals surface area contributed by atoms with E-state index >= 15 is 0 Å². The van der Waals surface area contributed by atoms with E-state index in [9.17, 15) is 9.90 Å². The molecule has 2 unspecified atom stereocenters. The Kier molecular flexibility index (Phi) is 5.88. The zero-order valence-electron chi connectivity index (χ0n) is 10.9. The van der Waals surface area contributed by atoms with Crippen LogP contribution in [0.3, 0.4) is 0 Å². The summed E-state index contributed by atoms with van der Waals surface area (Å²) < 4.78 is 10.1. The summed E-state index contributed by atoms with van der Waals surface area (Å²) in [5.74, 6) is -0.194. The van der Waals surface area contributed by atoms with E-state index in [1.165, 1.54) is 20.0 Å². The quantitative estimate of drug-likeness (QED) is 0.652. The molecule has 0 bridgehead atoms. The zero-order chi connectivity index (χ0) is 12.8. The molecule has 1 aliphatic rings. The van der Waals surface area contributed by atoms with Crippen molar-refractivity contribution in [3.63, 3.8) is 0 Å². The van der Waals surface area contributed by atoms with Crippen molar-refractivity contribution in [2.75, 3.05) is 34.0 Å². The summed E-state index contributed by atoms with van der Waals surface area (Å²) in [4.78, 5) is 13.3. The van der Waals surface area contributed by atoms with Gasteiger partial charge < -0.3 is 14.6 Å². The standard InChI is InChI=1S/C12H23NO4/c1-9(10-4-5-10)13(6-7-16-2)11(8-17-3)12(14)15/h9-11H,4-8H2,1-3H3,(H,14,15). The molecule has 5 heteroatoms. The Labute approximate surface area is 103 Å². The molecule has 100 valence electrons. The van der Waals surface area contributed by atoms with Crippen LogP contribution in [0.4, 0.5) is 0 Å². The second-order valence-corrected chi connectivity index (χ2v) is 4.62. The molecule has 17 heavy (non-hydrogen) atoms. The maximum atomic E-state index is 11.3. The van der Waals surface area contributed by atoms with Gasteiger partial charge in [0.25, 0.3) is 0 Å². The molecule has 0 radical (unpaired) electrons. The first-order chi connectivity index (χ1) is 8.11. The second kappa shape index (κ2) is 6.93. The van der Waals surface area contributed by atoms with Gasteiger partial charge in [0.1, 0.15) is 6.04 Å². The number of hydrogen-bond donors (Lipinski definition) is 1. The van der Waals surface area contributed by atoms with E-state index in [2.05, 4.69) is 6.92 Å². The molecular weight excluding hydrogens is 222 g/mol. The van der Waals surface area contributed by atoms with E-state index in [0.717, 1.165) is 0 Å². The fraction of sp³-hybridized carbons (Fsp3) is 0.917. The highest BCUT2D eigenvalue weighted by molar-refractivity contribution is 5.73. The van der Waals surface area contributed by atoms with Crippen LogP contribution in [0.5, 0.6) is 0 Å². The molecule has 1 saturated carbocycles. The number of nitrogens with zero attached hydrogens (tertiary/aromatic N) is 1. The SMILES string of the molecule is COCCN(C(COC)C(=O)O)C(C)C1CC1. The third-order valence-corrected chi connectivity index (χ3v) is 3.39. The largest absolute Gasteiger partial charge is 0.480 e. The normalized spacial score (nSPS) is 19.3. The van der Waals surface area contributed by atoms with Crippen LogP contribution < -0.4 is 0 Å². The topological polar surface area (TPSA) is 59.0 Å². The van der Waals surface area contributed by atoms with Gasteiger partial charge in [0.05, 0.1) is 13.2 Å². The van der Waals surface area contributed by atoms with Crippen molar-refractivity contribution in [2.24, 2.45) is 5.92 Å². The first kappa shape index (κ1) is 14.4. The highest BCUT2D eigenvalue weighted by atomic mass is 16.5. The Balaban J connectivity index is 2.66. The lowest BCUT2D eigenvalue weighted by atomic mass is 10.1. The predicted molar refractivity (Wildman–Crippen MR) is 64.1 cm³/mol. The van der Waals surface area contributed by atoms with Gasteiger partial charge in [-0.2, -0.15) is 0 Å². The average Bonchev–Trinajstić information content (AvgIpc) is 3.11. The van der Waals surface area contributed by atoms with Crippen molar-refractivity contribution in [2.45, 2.75) is 31.8 Å². The smallest absolute Gasteiger partial charge is 0.323 e. The van der Waals surface area contributed by atoms with Gasteiger partial charge >= 0.3 is 5.97 Å². The van der Waals surface area contributed by atoms with Crippen LogP contribution in [0.15, 0.2) is 0 Å². The van der Waals surface area contributed by atoms with Gasteiger partial charge in [-0.25, -0.2) is 0 Å². The third kappa shape index (κ3) is 4.26. The predicted octanol–water partition coefficient (Wildman–Crippen LogP) is 0.833. The van der Waals surface area contributed by atoms with Crippen LogP contribution in [0.2, 0.25) is 0 Å². The number of hydrogen-bond acceptors (Lipinski definition) is 4. The number of ether oxygens (including phenoxy) is 2. The lowest BCUT2D eigenvalue weighted by Gasteiger charge is -2.33. The fourth-order valence-electron chi connectivity index (χ4n) is 2.16. The molecule has 0 aliphatic heterocycles. The van der Waals surface area contributed by atoms with Gasteiger partial charge in [0, 0.05) is 26.8 Å². The van der Waals surface area contributed by atoms with E-state index < -0.39 is 12.0 Å². The van der Waals surface area contributed by atoms with Gasteiger partial charge in [-0.05, 0) is 25.7 Å². The molecule has 5 nitrogen and oxygen atoms in total. The fourth-order valence-corrected chi connectivity index (χ4v) is 2.16. The van der Waals surface area contributed by atoms with E-state index in [-0.39, 0.29) is 12.6 Å². The molecule has 0 spiro atoms. The first-order valence-electron chi connectivity index (χ1n) is 6.08. The molecule has 0 aromatic carbocycles. The number of methoxy groups -OCH3 is 2. The van der Waals surface area contributed by atoms with E-state index in [1.54, 1.807) is 7.11 Å². The summed E-state index contributed by atoms with van der Waals surface area (Å²) in [5, 5.41) is 9.26. The summed E-state index contributed by atoms with van der Waals surface area (Å²) >= 11 is 0. The molecule has 0 aromatic rings. The van der Waals surface area contributed by atoms with Crippen LogP contribution in [0, 0.1) is 5.92 Å². The maximum Gasteiger partial charge on any atom is 0.323 e. The molecule has 1 fully saturated rings. The zero-order valence-corrected chi connectivity index (χ0v) is 10.9. The molecule has 0 amide bonds. The van der Waals surface area contributed by atoms with Crippen LogP contribution in [-0.2, 0) is 14.3 Å². The highest BCUT2D eigenvalue weighted by Crippen LogP contribution is 2.35. The number of carboxylic acids is 1. The van der Waals surface area contributed by atoms with Crippen LogP contribution in [-0.4, -0.2) is 62.0 Å². The summed E-state index contributed by atoms with van der Waals surface area (Å²) in [6, 6.07) is -0.299. The van der Waals surface area contributed by atoms with Crippen molar-refractivity contribution in [1.29, 1.82) is 0 Å². The molecule has 2 atom stereocenters. The number of carboxylic acid groups (broad SMARTS) is 1. The van der Waals surface area contributed by atoms with Crippen LogP contribution in [0.25, 0.3) is 0 Å². The van der Waals surface area contributed by atoms with Gasteiger partial charge in [0.15, 0.2) is 0 Å². The number of carbonyl (C=O) groups is 1. The van der Waals surface area contributed by atoms with Gasteiger partial charge in [-0.15, -0.1) is 0 Å². The monoisotopic (exact) mass is 245 g/mol. The van der Waals surface area contributed by atoms with Gasteiger partial charge in [0.2, 0.25) is 0 Å². The summed E-state index contributed by atoms with van der Waals surface area (Å²) in [5.41, 5.74) is 0. The first-order valence-corrected chi connectivity index (χ1v) is 6.08. The van der Waals surface area contributed by atoms with Gasteiger partial charge in [-0.3, -0.25) is 9.69 Å². The van der Waals surface area contributed by atoms with E-state index in [1.807, 2.05) is 4.90 Å². The van der Waals surface area contributed by atoms with E-state index in [4.69, 9.17) is 9.47 Å². The summed E-state index contributed by atoms with van der Waals surface area (Å²) in [7, 11) is 3.16. The molecule has 1 rings (SSSR count). The minimum Gasteiger partial charge on any atom is -0.480 e. The Morgan fingerprint density at radius 2 is 2.06 bits per heavy atom. The molecule has 1 N–H and O–H groups in total. The van der Waals surface area contributed by atoms with Gasteiger partial charge in [-0.1, -0.05) is 0 Å². The third-order valence-electron chi connectivity index (χ3n) is 3.39. The number of rotatable bonds is 9. The maximum absolute atomic E-state index is 11.3.